The van der Waals surface area contributed by atoms with Crippen LogP contribution in [0, 0.1) is 0 Å². The Bertz CT molecular complexity index is 572. The number of imidazole rings is 1. The second-order valence-corrected chi connectivity index (χ2v) is 5.70. The smallest absolute Gasteiger partial charge is 0.119 e. The summed E-state index contributed by atoms with van der Waals surface area (Å²) in [7, 11) is 2.04. The summed E-state index contributed by atoms with van der Waals surface area (Å²) < 4.78 is 7.89. The zero-order valence-electron chi connectivity index (χ0n) is 12.7. The Morgan fingerprint density at radius 1 is 1.33 bits per heavy atom. The summed E-state index contributed by atoms with van der Waals surface area (Å²) in [6.07, 6.45) is 7.72. The van der Waals surface area contributed by atoms with E-state index in [4.69, 9.17) is 4.74 Å². The van der Waals surface area contributed by atoms with Crippen LogP contribution in [0.3, 0.4) is 0 Å². The van der Waals surface area contributed by atoms with Crippen LogP contribution in [0.1, 0.15) is 43.5 Å². The molecule has 0 saturated heterocycles. The summed E-state index contributed by atoms with van der Waals surface area (Å²) in [4.78, 5) is 4.24. The van der Waals surface area contributed by atoms with Gasteiger partial charge in [0.15, 0.2) is 0 Å². The molecule has 0 aliphatic heterocycles. The summed E-state index contributed by atoms with van der Waals surface area (Å²) in [6, 6.07) is 8.62. The van der Waals surface area contributed by atoms with Crippen LogP contribution in [0.25, 0.3) is 0 Å². The fraction of sp³-hybridized carbons (Fsp3) is 0.471. The molecular formula is C17H23N3O. The number of rotatable bonds is 7. The number of nitrogens with zero attached hydrogens (tertiary/aromatic N) is 2. The summed E-state index contributed by atoms with van der Waals surface area (Å²) >= 11 is 0. The van der Waals surface area contributed by atoms with E-state index in [-0.39, 0.29) is 6.04 Å². The Morgan fingerprint density at radius 2 is 2.10 bits per heavy atom. The van der Waals surface area contributed by atoms with Crippen molar-refractivity contribution >= 4 is 0 Å². The third-order valence-corrected chi connectivity index (χ3v) is 3.79. The van der Waals surface area contributed by atoms with Crippen LogP contribution in [-0.2, 0) is 7.05 Å². The Hall–Kier alpha value is -1.81. The standard InChI is InChI=1S/C17H23N3O/c1-3-10-19-17(16-11-18-12-20(16)2)13-4-6-14(7-5-13)21-15-8-9-15/h4-7,11-12,15,17,19H,3,8-10H2,1-2H3. The molecule has 21 heavy (non-hydrogen) atoms. The number of benzene rings is 1. The topological polar surface area (TPSA) is 39.1 Å². The van der Waals surface area contributed by atoms with E-state index >= 15 is 0 Å². The zero-order chi connectivity index (χ0) is 14.7. The Balaban J connectivity index is 1.79. The largest absolute Gasteiger partial charge is 0.490 e. The molecule has 3 rings (SSSR count). The molecule has 1 atom stereocenters. The van der Waals surface area contributed by atoms with Crippen molar-refractivity contribution in [2.45, 2.75) is 38.3 Å². The van der Waals surface area contributed by atoms with Gasteiger partial charge in [0.05, 0.1) is 30.4 Å². The van der Waals surface area contributed by atoms with Crippen LogP contribution in [0.2, 0.25) is 0 Å². The van der Waals surface area contributed by atoms with Crippen LogP contribution in [0.5, 0.6) is 5.75 Å². The first-order valence-electron chi connectivity index (χ1n) is 7.74. The molecule has 1 aliphatic rings. The molecule has 0 amide bonds. The van der Waals surface area contributed by atoms with Crippen molar-refractivity contribution in [3.05, 3.63) is 48.0 Å². The quantitative estimate of drug-likeness (QED) is 0.850. The van der Waals surface area contributed by atoms with Gasteiger partial charge in [0, 0.05) is 7.05 Å². The van der Waals surface area contributed by atoms with E-state index in [1.54, 1.807) is 0 Å². The molecule has 1 aromatic heterocycles. The molecule has 1 aliphatic carbocycles. The van der Waals surface area contributed by atoms with E-state index in [1.807, 2.05) is 19.6 Å². The molecule has 0 bridgehead atoms. The van der Waals surface area contributed by atoms with Crippen molar-refractivity contribution < 1.29 is 4.74 Å². The third-order valence-electron chi connectivity index (χ3n) is 3.79. The van der Waals surface area contributed by atoms with Gasteiger partial charge in [-0.25, -0.2) is 4.98 Å². The Kier molecular flexibility index (Phi) is 4.25. The lowest BCUT2D eigenvalue weighted by molar-refractivity contribution is 0.303. The molecular weight excluding hydrogens is 262 g/mol. The van der Waals surface area contributed by atoms with Gasteiger partial charge in [0.1, 0.15) is 5.75 Å². The lowest BCUT2D eigenvalue weighted by atomic mass is 10.0. The molecule has 112 valence electrons. The van der Waals surface area contributed by atoms with E-state index in [0.717, 1.165) is 18.7 Å². The fourth-order valence-corrected chi connectivity index (χ4v) is 2.44. The van der Waals surface area contributed by atoms with E-state index in [1.165, 1.54) is 24.1 Å². The molecule has 1 fully saturated rings. The van der Waals surface area contributed by atoms with Gasteiger partial charge in [-0.05, 0) is 43.5 Å². The Labute approximate surface area is 126 Å². The summed E-state index contributed by atoms with van der Waals surface area (Å²) in [5.74, 6) is 0.973. The van der Waals surface area contributed by atoms with Crippen molar-refractivity contribution in [1.29, 1.82) is 0 Å². The highest BCUT2D eigenvalue weighted by Crippen LogP contribution is 2.28. The van der Waals surface area contributed by atoms with E-state index in [2.05, 4.69) is 46.1 Å². The molecule has 1 aromatic carbocycles. The zero-order valence-corrected chi connectivity index (χ0v) is 12.7. The van der Waals surface area contributed by atoms with E-state index in [0.29, 0.717) is 6.10 Å². The normalized spacial score (nSPS) is 15.9. The van der Waals surface area contributed by atoms with Crippen molar-refractivity contribution in [1.82, 2.24) is 14.9 Å². The van der Waals surface area contributed by atoms with Crippen molar-refractivity contribution in [3.63, 3.8) is 0 Å². The van der Waals surface area contributed by atoms with Gasteiger partial charge in [0.2, 0.25) is 0 Å². The highest BCUT2D eigenvalue weighted by atomic mass is 16.5. The highest BCUT2D eigenvalue weighted by Gasteiger charge is 2.23. The monoisotopic (exact) mass is 285 g/mol. The maximum Gasteiger partial charge on any atom is 0.119 e. The minimum Gasteiger partial charge on any atom is -0.490 e. The van der Waals surface area contributed by atoms with Gasteiger partial charge in [0.25, 0.3) is 0 Å². The van der Waals surface area contributed by atoms with Crippen LogP contribution >= 0.6 is 0 Å². The van der Waals surface area contributed by atoms with Gasteiger partial charge in [-0.3, -0.25) is 0 Å². The lowest BCUT2D eigenvalue weighted by Crippen LogP contribution is -2.24. The first-order chi connectivity index (χ1) is 10.3. The van der Waals surface area contributed by atoms with E-state index < -0.39 is 0 Å². The number of nitrogens with one attached hydrogen (secondary N) is 1. The van der Waals surface area contributed by atoms with Crippen molar-refractivity contribution in [2.24, 2.45) is 7.05 Å². The average Bonchev–Trinajstić information content (AvgIpc) is 3.21. The SMILES string of the molecule is CCCNC(c1ccc(OC2CC2)cc1)c1cncn1C. The second kappa shape index (κ2) is 6.31. The summed E-state index contributed by atoms with van der Waals surface area (Å²) in [5.41, 5.74) is 2.43. The maximum atomic E-state index is 5.82. The van der Waals surface area contributed by atoms with Gasteiger partial charge < -0.3 is 14.6 Å². The van der Waals surface area contributed by atoms with Crippen LogP contribution in [0.4, 0.5) is 0 Å². The van der Waals surface area contributed by atoms with Gasteiger partial charge in [-0.1, -0.05) is 19.1 Å². The van der Waals surface area contributed by atoms with Gasteiger partial charge in [-0.2, -0.15) is 0 Å². The van der Waals surface area contributed by atoms with Gasteiger partial charge >= 0.3 is 0 Å². The summed E-state index contributed by atoms with van der Waals surface area (Å²) in [6.45, 7) is 3.16. The molecule has 2 aromatic rings. The number of aryl methyl sites for hydroxylation is 1. The Morgan fingerprint density at radius 3 is 2.67 bits per heavy atom. The predicted octanol–water partition coefficient (Wildman–Crippen LogP) is 3.05. The number of hydrogen-bond acceptors (Lipinski definition) is 3. The minimum absolute atomic E-state index is 0.174. The summed E-state index contributed by atoms with van der Waals surface area (Å²) in [5, 5.41) is 3.60. The van der Waals surface area contributed by atoms with Crippen molar-refractivity contribution in [3.8, 4) is 5.75 Å². The molecule has 1 saturated carbocycles. The fourth-order valence-electron chi connectivity index (χ4n) is 2.44. The van der Waals surface area contributed by atoms with Crippen LogP contribution in [-0.4, -0.2) is 22.2 Å². The lowest BCUT2D eigenvalue weighted by Gasteiger charge is -2.20. The van der Waals surface area contributed by atoms with Gasteiger partial charge in [-0.15, -0.1) is 0 Å². The highest BCUT2D eigenvalue weighted by molar-refractivity contribution is 5.33. The molecule has 1 unspecified atom stereocenters. The average molecular weight is 285 g/mol. The van der Waals surface area contributed by atoms with E-state index in [9.17, 15) is 0 Å². The van der Waals surface area contributed by atoms with Crippen LogP contribution < -0.4 is 10.1 Å². The minimum atomic E-state index is 0.174. The van der Waals surface area contributed by atoms with Crippen molar-refractivity contribution in [2.75, 3.05) is 6.54 Å². The molecule has 0 radical (unpaired) electrons. The number of hydrogen-bond donors (Lipinski definition) is 1. The second-order valence-electron chi connectivity index (χ2n) is 5.70. The molecule has 4 nitrogen and oxygen atoms in total. The number of ether oxygens (including phenoxy) is 1. The maximum absolute atomic E-state index is 5.82. The first kappa shape index (κ1) is 14.1. The molecule has 1 heterocycles. The molecule has 4 heteroatoms. The van der Waals surface area contributed by atoms with Crippen LogP contribution in [0.15, 0.2) is 36.8 Å². The molecule has 1 N–H and O–H groups in total. The predicted molar refractivity (Wildman–Crippen MR) is 83.4 cm³/mol. The first-order valence-corrected chi connectivity index (χ1v) is 7.74. The number of aromatic nitrogens is 2. The third kappa shape index (κ3) is 3.45. The molecule has 0 spiro atoms.